The summed E-state index contributed by atoms with van der Waals surface area (Å²) < 4.78 is 0. The van der Waals surface area contributed by atoms with E-state index in [1.807, 2.05) is 6.92 Å². The van der Waals surface area contributed by atoms with E-state index < -0.39 is 0 Å². The Hall–Kier alpha value is -0.570. The number of unbranched alkanes of at least 4 members (excludes halogenated alkanes) is 2. The molecule has 2 unspecified atom stereocenters. The maximum Gasteiger partial charge on any atom is 0.223 e. The number of nitrogens with one attached hydrogen (secondary N) is 1. The molecule has 0 aromatic carbocycles. The molecule has 96 valence electrons. The van der Waals surface area contributed by atoms with E-state index in [9.17, 15) is 4.79 Å². The van der Waals surface area contributed by atoms with Crippen LogP contribution in [-0.4, -0.2) is 18.5 Å². The average molecular weight is 228 g/mol. The van der Waals surface area contributed by atoms with Crippen LogP contribution in [0.25, 0.3) is 0 Å². The molecule has 3 heteroatoms. The number of carbonyl (C=O) groups excluding carboxylic acids is 1. The van der Waals surface area contributed by atoms with Crippen LogP contribution in [0.4, 0.5) is 0 Å². The fourth-order valence-corrected chi connectivity index (χ4v) is 1.71. The summed E-state index contributed by atoms with van der Waals surface area (Å²) in [4.78, 5) is 11.7. The second kappa shape index (κ2) is 9.64. The third-order valence-electron chi connectivity index (χ3n) is 2.92. The molecule has 0 aliphatic rings. The summed E-state index contributed by atoms with van der Waals surface area (Å²) in [5.74, 6) is 0.273. The van der Waals surface area contributed by atoms with Gasteiger partial charge >= 0.3 is 0 Å². The van der Waals surface area contributed by atoms with Gasteiger partial charge in [0.1, 0.15) is 0 Å². The van der Waals surface area contributed by atoms with Gasteiger partial charge in [-0.1, -0.05) is 33.1 Å². The Kier molecular flexibility index (Phi) is 9.30. The van der Waals surface area contributed by atoms with Gasteiger partial charge < -0.3 is 11.1 Å². The van der Waals surface area contributed by atoms with Crippen molar-refractivity contribution in [3.8, 4) is 0 Å². The first kappa shape index (κ1) is 15.4. The molecular formula is C13H28N2O. The van der Waals surface area contributed by atoms with E-state index in [1.165, 1.54) is 19.3 Å². The van der Waals surface area contributed by atoms with E-state index in [2.05, 4.69) is 19.2 Å². The Morgan fingerprint density at radius 1 is 1.19 bits per heavy atom. The molecule has 0 aliphatic heterocycles. The number of hydrogen-bond acceptors (Lipinski definition) is 2. The lowest BCUT2D eigenvalue weighted by atomic mass is 10.0. The molecule has 0 fully saturated rings. The zero-order valence-electron chi connectivity index (χ0n) is 11.1. The second-order valence-corrected chi connectivity index (χ2v) is 4.74. The fraction of sp³-hybridized carbons (Fsp3) is 0.923. The summed E-state index contributed by atoms with van der Waals surface area (Å²) in [6, 6.07) is 0.305. The maximum absolute atomic E-state index is 11.7. The Morgan fingerprint density at radius 2 is 1.88 bits per heavy atom. The topological polar surface area (TPSA) is 55.1 Å². The predicted molar refractivity (Wildman–Crippen MR) is 69.2 cm³/mol. The van der Waals surface area contributed by atoms with Crippen molar-refractivity contribution >= 4 is 5.91 Å². The number of amides is 1. The van der Waals surface area contributed by atoms with Crippen molar-refractivity contribution in [2.75, 3.05) is 6.54 Å². The zero-order valence-corrected chi connectivity index (χ0v) is 11.1. The van der Waals surface area contributed by atoms with Gasteiger partial charge in [-0.05, 0) is 32.7 Å². The summed E-state index contributed by atoms with van der Waals surface area (Å²) in [5.41, 5.74) is 5.43. The van der Waals surface area contributed by atoms with Gasteiger partial charge in [0.2, 0.25) is 5.91 Å². The maximum atomic E-state index is 11.7. The largest absolute Gasteiger partial charge is 0.353 e. The summed E-state index contributed by atoms with van der Waals surface area (Å²) in [7, 11) is 0. The Balaban J connectivity index is 3.67. The van der Waals surface area contributed by atoms with Crippen LogP contribution in [0.5, 0.6) is 0 Å². The molecule has 3 N–H and O–H groups in total. The van der Waals surface area contributed by atoms with Crippen LogP contribution < -0.4 is 11.1 Å². The summed E-state index contributed by atoms with van der Waals surface area (Å²) >= 11 is 0. The SMILES string of the molecule is CCCCCC(C)NC(=O)C(C)CCCN. The van der Waals surface area contributed by atoms with E-state index in [0.29, 0.717) is 12.6 Å². The normalized spacial score (nSPS) is 14.5. The van der Waals surface area contributed by atoms with Crippen LogP contribution in [0.3, 0.4) is 0 Å². The standard InChI is InChI=1S/C13H28N2O/c1-4-5-6-9-12(3)15-13(16)11(2)8-7-10-14/h11-12H,4-10,14H2,1-3H3,(H,15,16). The molecule has 16 heavy (non-hydrogen) atoms. The molecule has 0 aromatic rings. The zero-order chi connectivity index (χ0) is 12.4. The highest BCUT2D eigenvalue weighted by molar-refractivity contribution is 5.78. The lowest BCUT2D eigenvalue weighted by Crippen LogP contribution is -2.36. The highest BCUT2D eigenvalue weighted by Crippen LogP contribution is 2.07. The summed E-state index contributed by atoms with van der Waals surface area (Å²) in [6.45, 7) is 6.93. The van der Waals surface area contributed by atoms with Gasteiger partial charge in [-0.3, -0.25) is 4.79 Å². The average Bonchev–Trinajstić information content (AvgIpc) is 2.26. The van der Waals surface area contributed by atoms with E-state index in [4.69, 9.17) is 5.73 Å². The molecule has 0 heterocycles. The first-order chi connectivity index (χ1) is 7.61. The summed E-state index contributed by atoms with van der Waals surface area (Å²) in [5, 5.41) is 3.07. The summed E-state index contributed by atoms with van der Waals surface area (Å²) in [6.07, 6.45) is 6.59. The molecule has 0 spiro atoms. The van der Waals surface area contributed by atoms with E-state index in [1.54, 1.807) is 0 Å². The molecule has 0 aromatic heterocycles. The third-order valence-corrected chi connectivity index (χ3v) is 2.92. The minimum atomic E-state index is 0.0946. The first-order valence-electron chi connectivity index (χ1n) is 6.62. The molecule has 1 amide bonds. The molecule has 0 radical (unpaired) electrons. The van der Waals surface area contributed by atoms with Crippen LogP contribution in [-0.2, 0) is 4.79 Å². The van der Waals surface area contributed by atoms with Crippen molar-refractivity contribution in [2.45, 2.75) is 65.3 Å². The van der Waals surface area contributed by atoms with Crippen molar-refractivity contribution in [3.63, 3.8) is 0 Å². The third kappa shape index (κ3) is 7.69. The van der Waals surface area contributed by atoms with Crippen molar-refractivity contribution < 1.29 is 4.79 Å². The van der Waals surface area contributed by atoms with Gasteiger partial charge in [0, 0.05) is 12.0 Å². The minimum absolute atomic E-state index is 0.0946. The fourth-order valence-electron chi connectivity index (χ4n) is 1.71. The molecular weight excluding hydrogens is 200 g/mol. The lowest BCUT2D eigenvalue weighted by Gasteiger charge is -2.17. The van der Waals surface area contributed by atoms with E-state index in [-0.39, 0.29) is 11.8 Å². The van der Waals surface area contributed by atoms with Crippen molar-refractivity contribution in [1.29, 1.82) is 0 Å². The number of carbonyl (C=O) groups is 1. The molecule has 0 saturated heterocycles. The Bertz CT molecular complexity index is 183. The molecule has 0 rings (SSSR count). The molecule has 3 nitrogen and oxygen atoms in total. The van der Waals surface area contributed by atoms with Crippen molar-refractivity contribution in [1.82, 2.24) is 5.32 Å². The van der Waals surface area contributed by atoms with Crippen LogP contribution in [0.2, 0.25) is 0 Å². The molecule has 0 aliphatic carbocycles. The lowest BCUT2D eigenvalue weighted by molar-refractivity contribution is -0.125. The smallest absolute Gasteiger partial charge is 0.223 e. The Labute approximate surface area is 100 Å². The molecule has 0 bridgehead atoms. The highest BCUT2D eigenvalue weighted by atomic mass is 16.1. The number of nitrogens with two attached hydrogens (primary N) is 1. The monoisotopic (exact) mass is 228 g/mol. The van der Waals surface area contributed by atoms with Crippen LogP contribution in [0.15, 0.2) is 0 Å². The van der Waals surface area contributed by atoms with Gasteiger partial charge in [0.05, 0.1) is 0 Å². The second-order valence-electron chi connectivity index (χ2n) is 4.74. The van der Waals surface area contributed by atoms with Gasteiger partial charge in [-0.2, -0.15) is 0 Å². The first-order valence-corrected chi connectivity index (χ1v) is 6.62. The molecule has 0 saturated carbocycles. The predicted octanol–water partition coefficient (Wildman–Crippen LogP) is 2.45. The van der Waals surface area contributed by atoms with Crippen LogP contribution >= 0.6 is 0 Å². The van der Waals surface area contributed by atoms with Crippen LogP contribution in [0.1, 0.15) is 59.3 Å². The van der Waals surface area contributed by atoms with Gasteiger partial charge in [0.25, 0.3) is 0 Å². The van der Waals surface area contributed by atoms with E-state index >= 15 is 0 Å². The number of hydrogen-bond donors (Lipinski definition) is 2. The Morgan fingerprint density at radius 3 is 2.44 bits per heavy atom. The number of rotatable bonds is 9. The van der Waals surface area contributed by atoms with Crippen molar-refractivity contribution in [2.24, 2.45) is 11.7 Å². The van der Waals surface area contributed by atoms with Crippen molar-refractivity contribution in [3.05, 3.63) is 0 Å². The quantitative estimate of drug-likeness (QED) is 0.596. The van der Waals surface area contributed by atoms with Gasteiger partial charge in [0.15, 0.2) is 0 Å². The van der Waals surface area contributed by atoms with Gasteiger partial charge in [-0.15, -0.1) is 0 Å². The van der Waals surface area contributed by atoms with Crippen LogP contribution in [0, 0.1) is 5.92 Å². The highest BCUT2D eigenvalue weighted by Gasteiger charge is 2.14. The molecule has 2 atom stereocenters. The minimum Gasteiger partial charge on any atom is -0.353 e. The van der Waals surface area contributed by atoms with Gasteiger partial charge in [-0.25, -0.2) is 0 Å². The van der Waals surface area contributed by atoms with E-state index in [0.717, 1.165) is 19.3 Å².